The number of nitrogens with zero attached hydrogens (tertiary/aromatic N) is 1. The average Bonchev–Trinajstić information content (AvgIpc) is 2.83. The molecule has 3 N–H and O–H groups in total. The van der Waals surface area contributed by atoms with Gasteiger partial charge in [0.15, 0.2) is 0 Å². The van der Waals surface area contributed by atoms with Crippen molar-refractivity contribution in [3.8, 4) is 0 Å². The molecular weight excluding hydrogens is 322 g/mol. The van der Waals surface area contributed by atoms with E-state index in [4.69, 9.17) is 17.3 Å². The minimum Gasteiger partial charge on any atom is -0.340 e. The van der Waals surface area contributed by atoms with Crippen molar-refractivity contribution >= 4 is 38.9 Å². The molecule has 9 heteroatoms. The Hall–Kier alpha value is -0.670. The smallest absolute Gasteiger partial charge is 0.250 e. The van der Waals surface area contributed by atoms with E-state index >= 15 is 0 Å². The zero-order valence-electron chi connectivity index (χ0n) is 10.7. The molecule has 0 spiro atoms. The second-order valence-electron chi connectivity index (χ2n) is 4.63. The number of nitrogens with two attached hydrogens (primary N) is 1. The summed E-state index contributed by atoms with van der Waals surface area (Å²) in [5.41, 5.74) is 5.79. The quantitative estimate of drug-likeness (QED) is 0.842. The van der Waals surface area contributed by atoms with Crippen molar-refractivity contribution in [2.24, 2.45) is 5.73 Å². The van der Waals surface area contributed by atoms with Gasteiger partial charge >= 0.3 is 0 Å². The highest BCUT2D eigenvalue weighted by Gasteiger charge is 2.23. The summed E-state index contributed by atoms with van der Waals surface area (Å²) in [5.74, 6) is -0.258. The second kappa shape index (κ2) is 6.40. The Morgan fingerprint density at radius 3 is 2.90 bits per heavy atom. The molecule has 0 radical (unpaired) electrons. The molecule has 1 fully saturated rings. The maximum atomic E-state index is 11.9. The Labute approximate surface area is 126 Å². The molecule has 20 heavy (non-hydrogen) atoms. The van der Waals surface area contributed by atoms with Crippen LogP contribution in [0.15, 0.2) is 16.3 Å². The Morgan fingerprint density at radius 1 is 1.55 bits per heavy atom. The van der Waals surface area contributed by atoms with Crippen molar-refractivity contribution in [3.63, 3.8) is 0 Å². The molecule has 1 unspecified atom stereocenters. The van der Waals surface area contributed by atoms with Gasteiger partial charge in [-0.3, -0.25) is 4.79 Å². The lowest BCUT2D eigenvalue weighted by Gasteiger charge is -2.30. The van der Waals surface area contributed by atoms with Gasteiger partial charge in [-0.25, -0.2) is 13.1 Å². The van der Waals surface area contributed by atoms with Crippen molar-refractivity contribution < 1.29 is 13.2 Å². The first-order valence-electron chi connectivity index (χ1n) is 6.17. The maximum absolute atomic E-state index is 11.9. The first-order chi connectivity index (χ1) is 9.38. The van der Waals surface area contributed by atoms with Gasteiger partial charge < -0.3 is 10.6 Å². The molecule has 1 saturated heterocycles. The van der Waals surface area contributed by atoms with Gasteiger partial charge in [0, 0.05) is 19.1 Å². The molecule has 1 aliphatic rings. The number of carbonyl (C=O) groups excluding carboxylic acids is 1. The molecule has 2 heterocycles. The molecule has 0 saturated carbocycles. The lowest BCUT2D eigenvalue weighted by molar-refractivity contribution is -0.131. The Balaban J connectivity index is 1.92. The first kappa shape index (κ1) is 15.7. The third-order valence-corrected chi connectivity index (χ3v) is 6.16. The number of amides is 1. The molecular formula is C11H16ClN3O3S2. The zero-order valence-corrected chi connectivity index (χ0v) is 13.1. The lowest BCUT2D eigenvalue weighted by Crippen LogP contribution is -2.48. The van der Waals surface area contributed by atoms with E-state index in [0.717, 1.165) is 24.2 Å². The predicted molar refractivity (Wildman–Crippen MR) is 78.3 cm³/mol. The predicted octanol–water partition coefficient (Wildman–Crippen LogP) is 0.630. The van der Waals surface area contributed by atoms with Crippen LogP contribution < -0.4 is 10.5 Å². The van der Waals surface area contributed by atoms with Crippen LogP contribution in [0.4, 0.5) is 0 Å². The number of halogens is 1. The van der Waals surface area contributed by atoms with Gasteiger partial charge in [-0.15, -0.1) is 11.3 Å². The van der Waals surface area contributed by atoms with E-state index in [2.05, 4.69) is 4.72 Å². The third kappa shape index (κ3) is 3.92. The number of nitrogens with one attached hydrogen (secondary N) is 1. The van der Waals surface area contributed by atoms with Crippen molar-refractivity contribution in [1.29, 1.82) is 0 Å². The second-order valence-corrected chi connectivity index (χ2v) is 8.33. The number of hydrogen-bond acceptors (Lipinski definition) is 5. The van der Waals surface area contributed by atoms with E-state index in [0.29, 0.717) is 17.4 Å². The van der Waals surface area contributed by atoms with Crippen LogP contribution in [0.3, 0.4) is 0 Å². The summed E-state index contributed by atoms with van der Waals surface area (Å²) < 4.78 is 26.7. The van der Waals surface area contributed by atoms with Crippen molar-refractivity contribution in [2.45, 2.75) is 23.1 Å². The number of thiophene rings is 1. The largest absolute Gasteiger partial charge is 0.340 e. The van der Waals surface area contributed by atoms with Gasteiger partial charge in [-0.05, 0) is 25.0 Å². The van der Waals surface area contributed by atoms with Gasteiger partial charge in [-0.1, -0.05) is 11.6 Å². The number of sulfonamides is 1. The maximum Gasteiger partial charge on any atom is 0.250 e. The lowest BCUT2D eigenvalue weighted by atomic mass is 10.1. The highest BCUT2D eigenvalue weighted by Crippen LogP contribution is 2.25. The number of hydrogen-bond donors (Lipinski definition) is 2. The standard InChI is InChI=1S/C11H16ClN3O3S2/c12-9-3-4-11(19-9)20(17,18)14-6-10(16)15-5-1-2-8(13)7-15/h3-4,8,14H,1-2,5-7,13H2. The summed E-state index contributed by atoms with van der Waals surface area (Å²) in [6, 6.07) is 2.89. The minimum atomic E-state index is -3.68. The van der Waals surface area contributed by atoms with Crippen LogP contribution >= 0.6 is 22.9 Å². The number of piperidine rings is 1. The summed E-state index contributed by atoms with van der Waals surface area (Å²) >= 11 is 6.66. The van der Waals surface area contributed by atoms with E-state index in [-0.39, 0.29) is 22.7 Å². The van der Waals surface area contributed by atoms with Crippen molar-refractivity contribution in [3.05, 3.63) is 16.5 Å². The van der Waals surface area contributed by atoms with Crippen LogP contribution in [-0.4, -0.2) is 44.9 Å². The molecule has 2 rings (SSSR count). The summed E-state index contributed by atoms with van der Waals surface area (Å²) in [6.07, 6.45) is 1.74. The fourth-order valence-corrected chi connectivity index (χ4v) is 4.52. The molecule has 6 nitrogen and oxygen atoms in total. The average molecular weight is 338 g/mol. The van der Waals surface area contributed by atoms with E-state index in [9.17, 15) is 13.2 Å². The monoisotopic (exact) mass is 337 g/mol. The van der Waals surface area contributed by atoms with Crippen LogP contribution in [0.1, 0.15) is 12.8 Å². The molecule has 0 aromatic carbocycles. The van der Waals surface area contributed by atoms with Gasteiger partial charge in [0.1, 0.15) is 4.21 Å². The van der Waals surface area contributed by atoms with Crippen molar-refractivity contribution in [1.82, 2.24) is 9.62 Å². The van der Waals surface area contributed by atoms with Gasteiger partial charge in [-0.2, -0.15) is 0 Å². The Kier molecular flexibility index (Phi) is 5.03. The van der Waals surface area contributed by atoms with Gasteiger partial charge in [0.25, 0.3) is 10.0 Å². The summed E-state index contributed by atoms with van der Waals surface area (Å²) in [6.45, 7) is 0.842. The highest BCUT2D eigenvalue weighted by atomic mass is 35.5. The number of likely N-dealkylation sites (tertiary alicyclic amines) is 1. The molecule has 1 amide bonds. The van der Waals surface area contributed by atoms with Gasteiger partial charge in [0.05, 0.1) is 10.9 Å². The zero-order chi connectivity index (χ0) is 14.8. The Morgan fingerprint density at radius 2 is 2.30 bits per heavy atom. The van der Waals surface area contributed by atoms with E-state index in [1.165, 1.54) is 12.1 Å². The molecule has 0 aliphatic carbocycles. The first-order valence-corrected chi connectivity index (χ1v) is 8.84. The fourth-order valence-electron chi connectivity index (χ4n) is 2.02. The van der Waals surface area contributed by atoms with E-state index in [1.54, 1.807) is 4.90 Å². The molecule has 1 aliphatic heterocycles. The minimum absolute atomic E-state index is 0.0274. The highest BCUT2D eigenvalue weighted by molar-refractivity contribution is 7.91. The van der Waals surface area contributed by atoms with Crippen LogP contribution in [0, 0.1) is 0 Å². The van der Waals surface area contributed by atoms with Gasteiger partial charge in [0.2, 0.25) is 5.91 Å². The topological polar surface area (TPSA) is 92.5 Å². The van der Waals surface area contributed by atoms with E-state index in [1.807, 2.05) is 0 Å². The van der Waals surface area contributed by atoms with Crippen LogP contribution in [-0.2, 0) is 14.8 Å². The summed E-state index contributed by atoms with van der Waals surface area (Å²) in [5, 5.41) is 0. The number of carbonyl (C=O) groups is 1. The van der Waals surface area contributed by atoms with Crippen LogP contribution in [0.2, 0.25) is 4.34 Å². The molecule has 1 aromatic rings. The SMILES string of the molecule is NC1CCCN(C(=O)CNS(=O)(=O)c2ccc(Cl)s2)C1. The molecule has 1 aromatic heterocycles. The molecule has 1 atom stereocenters. The van der Waals surface area contributed by atoms with Crippen molar-refractivity contribution in [2.75, 3.05) is 19.6 Å². The number of rotatable bonds is 4. The fraction of sp³-hybridized carbons (Fsp3) is 0.545. The van der Waals surface area contributed by atoms with Crippen LogP contribution in [0.5, 0.6) is 0 Å². The Bertz CT molecular complexity index is 587. The van der Waals surface area contributed by atoms with Crippen LogP contribution in [0.25, 0.3) is 0 Å². The van der Waals surface area contributed by atoms with E-state index < -0.39 is 10.0 Å². The third-order valence-electron chi connectivity index (χ3n) is 3.04. The molecule has 0 bridgehead atoms. The normalized spacial score (nSPS) is 20.1. The summed E-state index contributed by atoms with van der Waals surface area (Å²) in [4.78, 5) is 13.5. The molecule has 112 valence electrons. The summed E-state index contributed by atoms with van der Waals surface area (Å²) in [7, 11) is -3.68.